The number of thiazole rings is 1. The maximum Gasteiger partial charge on any atom is 0.212 e. The van der Waals surface area contributed by atoms with Crippen LogP contribution >= 0.6 is 11.3 Å². The predicted octanol–water partition coefficient (Wildman–Crippen LogP) is 1.17. The standard InChI is InChI=1S/C9H14N4S/c1-5-2-3-6-7(4-5)14-9(12-6)13-8(10)11/h5H,2-4H2,1H3,(H4,10,11,12,13)/t5-/m0/s1. The molecule has 0 saturated heterocycles. The number of aliphatic imine (C=N–C) groups is 1. The van der Waals surface area contributed by atoms with Crippen LogP contribution < -0.4 is 11.5 Å². The summed E-state index contributed by atoms with van der Waals surface area (Å²) in [5, 5.41) is 0.698. The van der Waals surface area contributed by atoms with Crippen LogP contribution in [-0.2, 0) is 12.8 Å². The second-order valence-corrected chi connectivity index (χ2v) is 4.81. The smallest absolute Gasteiger partial charge is 0.212 e. The van der Waals surface area contributed by atoms with E-state index in [4.69, 9.17) is 11.5 Å². The average Bonchev–Trinajstić information content (AvgIpc) is 2.44. The zero-order chi connectivity index (χ0) is 10.1. The quantitative estimate of drug-likeness (QED) is 0.539. The van der Waals surface area contributed by atoms with Gasteiger partial charge >= 0.3 is 0 Å². The van der Waals surface area contributed by atoms with Gasteiger partial charge in [0.1, 0.15) is 0 Å². The van der Waals surface area contributed by atoms with E-state index in [1.165, 1.54) is 17.0 Å². The molecule has 1 aliphatic carbocycles. The highest BCUT2D eigenvalue weighted by Crippen LogP contribution is 2.33. The normalized spacial score (nSPS) is 20.2. The minimum atomic E-state index is 0.0872. The van der Waals surface area contributed by atoms with Gasteiger partial charge in [0, 0.05) is 4.88 Å². The molecule has 2 rings (SSSR count). The highest BCUT2D eigenvalue weighted by Gasteiger charge is 2.19. The van der Waals surface area contributed by atoms with E-state index in [0.29, 0.717) is 5.13 Å². The summed E-state index contributed by atoms with van der Waals surface area (Å²) >= 11 is 1.61. The SMILES string of the molecule is C[C@H]1CCc2nc(N=C(N)N)sc2C1. The van der Waals surface area contributed by atoms with Crippen molar-refractivity contribution >= 4 is 22.4 Å². The molecule has 1 aromatic heterocycles. The maximum absolute atomic E-state index is 5.30. The monoisotopic (exact) mass is 210 g/mol. The molecule has 4 nitrogen and oxygen atoms in total. The van der Waals surface area contributed by atoms with E-state index in [1.807, 2.05) is 0 Å². The lowest BCUT2D eigenvalue weighted by Gasteiger charge is -2.15. The Morgan fingerprint density at radius 1 is 1.57 bits per heavy atom. The number of fused-ring (bicyclic) bond motifs is 1. The van der Waals surface area contributed by atoms with Crippen molar-refractivity contribution in [1.29, 1.82) is 0 Å². The van der Waals surface area contributed by atoms with Crippen molar-refractivity contribution in [1.82, 2.24) is 4.98 Å². The lowest BCUT2D eigenvalue weighted by atomic mass is 9.93. The molecule has 0 amide bonds. The van der Waals surface area contributed by atoms with Gasteiger partial charge in [0.25, 0.3) is 0 Å². The van der Waals surface area contributed by atoms with E-state index in [9.17, 15) is 0 Å². The second kappa shape index (κ2) is 3.57. The Bertz CT molecular complexity index is 365. The molecule has 0 saturated carbocycles. The van der Waals surface area contributed by atoms with Crippen LogP contribution in [0.2, 0.25) is 0 Å². The van der Waals surface area contributed by atoms with Crippen molar-refractivity contribution in [2.24, 2.45) is 22.4 Å². The van der Waals surface area contributed by atoms with E-state index in [-0.39, 0.29) is 5.96 Å². The van der Waals surface area contributed by atoms with Crippen LogP contribution in [0.5, 0.6) is 0 Å². The summed E-state index contributed by atoms with van der Waals surface area (Å²) in [4.78, 5) is 9.72. The molecule has 5 heteroatoms. The molecule has 14 heavy (non-hydrogen) atoms. The van der Waals surface area contributed by atoms with Crippen LogP contribution in [0.15, 0.2) is 4.99 Å². The molecule has 1 aromatic rings. The molecule has 76 valence electrons. The first-order valence-electron chi connectivity index (χ1n) is 4.73. The Kier molecular flexibility index (Phi) is 2.41. The molecule has 0 aromatic carbocycles. The van der Waals surface area contributed by atoms with Crippen molar-refractivity contribution in [3.8, 4) is 0 Å². The zero-order valence-corrected chi connectivity index (χ0v) is 8.97. The van der Waals surface area contributed by atoms with E-state index in [0.717, 1.165) is 18.8 Å². The van der Waals surface area contributed by atoms with Gasteiger partial charge in [0.2, 0.25) is 5.13 Å². The average molecular weight is 210 g/mol. The first kappa shape index (κ1) is 9.45. The summed E-state index contributed by atoms with van der Waals surface area (Å²) in [6, 6.07) is 0. The number of rotatable bonds is 1. The van der Waals surface area contributed by atoms with Gasteiger partial charge in [-0.25, -0.2) is 4.98 Å². The van der Waals surface area contributed by atoms with E-state index in [1.54, 1.807) is 11.3 Å². The third-order valence-electron chi connectivity index (χ3n) is 2.40. The Balaban J connectivity index is 2.28. The number of nitrogens with zero attached hydrogens (tertiary/aromatic N) is 2. The van der Waals surface area contributed by atoms with E-state index in [2.05, 4.69) is 16.9 Å². The van der Waals surface area contributed by atoms with Gasteiger partial charge in [-0.2, -0.15) is 4.99 Å². The fourth-order valence-electron chi connectivity index (χ4n) is 1.68. The van der Waals surface area contributed by atoms with Crippen molar-refractivity contribution in [2.45, 2.75) is 26.2 Å². The van der Waals surface area contributed by atoms with Crippen LogP contribution in [0.25, 0.3) is 0 Å². The highest BCUT2D eigenvalue weighted by atomic mass is 32.1. The van der Waals surface area contributed by atoms with Gasteiger partial charge in [-0.05, 0) is 25.2 Å². The fraction of sp³-hybridized carbons (Fsp3) is 0.556. The van der Waals surface area contributed by atoms with Gasteiger partial charge in [-0.15, -0.1) is 0 Å². The van der Waals surface area contributed by atoms with Gasteiger partial charge in [0.05, 0.1) is 5.69 Å². The zero-order valence-electron chi connectivity index (χ0n) is 8.16. The molecule has 4 N–H and O–H groups in total. The molecule has 0 bridgehead atoms. The summed E-state index contributed by atoms with van der Waals surface area (Å²) in [6.07, 6.45) is 3.40. The topological polar surface area (TPSA) is 77.3 Å². The lowest BCUT2D eigenvalue weighted by molar-refractivity contribution is 0.502. The molecule has 0 fully saturated rings. The minimum Gasteiger partial charge on any atom is -0.370 e. The lowest BCUT2D eigenvalue weighted by Crippen LogP contribution is -2.21. The predicted molar refractivity (Wildman–Crippen MR) is 58.8 cm³/mol. The van der Waals surface area contributed by atoms with Crippen molar-refractivity contribution in [2.75, 3.05) is 0 Å². The van der Waals surface area contributed by atoms with Gasteiger partial charge in [-0.3, -0.25) is 0 Å². The number of guanidine groups is 1. The molecule has 0 unspecified atom stereocenters. The second-order valence-electron chi connectivity index (χ2n) is 3.75. The molecule has 1 aliphatic rings. The van der Waals surface area contributed by atoms with E-state index >= 15 is 0 Å². The summed E-state index contributed by atoms with van der Waals surface area (Å²) < 4.78 is 0. The largest absolute Gasteiger partial charge is 0.370 e. The number of nitrogens with two attached hydrogens (primary N) is 2. The van der Waals surface area contributed by atoms with Crippen LogP contribution in [0.1, 0.15) is 23.9 Å². The third-order valence-corrected chi connectivity index (χ3v) is 3.41. The van der Waals surface area contributed by atoms with Crippen LogP contribution in [-0.4, -0.2) is 10.9 Å². The first-order chi connectivity index (χ1) is 6.65. The van der Waals surface area contributed by atoms with Gasteiger partial charge < -0.3 is 11.5 Å². The molecule has 0 spiro atoms. The Morgan fingerprint density at radius 3 is 3.07 bits per heavy atom. The first-order valence-corrected chi connectivity index (χ1v) is 5.55. The Labute approximate surface area is 87.1 Å². The van der Waals surface area contributed by atoms with Crippen LogP contribution in [0, 0.1) is 5.92 Å². The molecular formula is C9H14N4S. The summed E-state index contributed by atoms with van der Waals surface area (Å²) in [5.74, 6) is 0.846. The molecule has 1 heterocycles. The molecular weight excluding hydrogens is 196 g/mol. The highest BCUT2D eigenvalue weighted by molar-refractivity contribution is 7.15. The summed E-state index contributed by atoms with van der Waals surface area (Å²) in [6.45, 7) is 2.27. The van der Waals surface area contributed by atoms with Gasteiger partial charge in [-0.1, -0.05) is 18.3 Å². The van der Waals surface area contributed by atoms with Gasteiger partial charge in [0.15, 0.2) is 5.96 Å². The van der Waals surface area contributed by atoms with Crippen molar-refractivity contribution in [3.05, 3.63) is 10.6 Å². The van der Waals surface area contributed by atoms with Crippen molar-refractivity contribution in [3.63, 3.8) is 0 Å². The Morgan fingerprint density at radius 2 is 2.36 bits per heavy atom. The third kappa shape index (κ3) is 1.87. The number of aromatic nitrogens is 1. The Hall–Kier alpha value is -1.10. The van der Waals surface area contributed by atoms with Crippen LogP contribution in [0.4, 0.5) is 5.13 Å². The summed E-state index contributed by atoms with van der Waals surface area (Å²) in [7, 11) is 0. The van der Waals surface area contributed by atoms with E-state index < -0.39 is 0 Å². The number of aryl methyl sites for hydroxylation is 1. The van der Waals surface area contributed by atoms with Crippen molar-refractivity contribution < 1.29 is 0 Å². The number of hydrogen-bond acceptors (Lipinski definition) is 3. The summed E-state index contributed by atoms with van der Waals surface area (Å²) in [5.41, 5.74) is 11.8. The molecule has 0 radical (unpaired) electrons. The molecule has 1 atom stereocenters. The molecule has 0 aliphatic heterocycles. The number of hydrogen-bond donors (Lipinski definition) is 2. The van der Waals surface area contributed by atoms with Crippen LogP contribution in [0.3, 0.4) is 0 Å². The maximum atomic E-state index is 5.30. The fourth-order valence-corrected chi connectivity index (χ4v) is 2.85. The minimum absolute atomic E-state index is 0.0872.